The van der Waals surface area contributed by atoms with Gasteiger partial charge >= 0.3 is 10.3 Å². The molecule has 13 heavy (non-hydrogen) atoms. The molecule has 1 rings (SSSR count). The Bertz CT molecular complexity index is 386. The molecule has 0 fully saturated rings. The van der Waals surface area contributed by atoms with E-state index in [0.717, 1.165) is 5.56 Å². The molecule has 5 heteroatoms. The summed E-state index contributed by atoms with van der Waals surface area (Å²) in [4.78, 5) is 0. The van der Waals surface area contributed by atoms with E-state index in [1.165, 1.54) is 7.05 Å². The van der Waals surface area contributed by atoms with Crippen molar-refractivity contribution in [3.8, 4) is 5.75 Å². The molecule has 1 N–H and O–H groups in total. The molecule has 4 nitrogen and oxygen atoms in total. The second-order valence-electron chi connectivity index (χ2n) is 2.51. The number of hydrogen-bond acceptors (Lipinski definition) is 3. The Labute approximate surface area is 77.8 Å². The highest BCUT2D eigenvalue weighted by atomic mass is 32.2. The van der Waals surface area contributed by atoms with Gasteiger partial charge in [0.15, 0.2) is 0 Å². The number of aryl methyl sites for hydroxylation is 1. The molecule has 0 unspecified atom stereocenters. The summed E-state index contributed by atoms with van der Waals surface area (Å²) in [5.41, 5.74) is 0.779. The van der Waals surface area contributed by atoms with Crippen LogP contribution in [0.3, 0.4) is 0 Å². The van der Waals surface area contributed by atoms with Gasteiger partial charge in [0.25, 0.3) is 0 Å². The predicted molar refractivity (Wildman–Crippen MR) is 49.8 cm³/mol. The lowest BCUT2D eigenvalue weighted by Crippen LogP contribution is -2.24. The molecule has 1 aromatic rings. The average Bonchev–Trinajstić information content (AvgIpc) is 2.09. The van der Waals surface area contributed by atoms with Crippen LogP contribution < -0.4 is 8.91 Å². The first kappa shape index (κ1) is 10.0. The highest BCUT2D eigenvalue weighted by Crippen LogP contribution is 2.17. The minimum Gasteiger partial charge on any atom is -0.371 e. The molecule has 0 heterocycles. The molecule has 0 aliphatic rings. The van der Waals surface area contributed by atoms with Crippen LogP contribution in [0.1, 0.15) is 5.56 Å². The molecular weight excluding hydrogens is 190 g/mol. The van der Waals surface area contributed by atoms with Crippen LogP contribution in [0.25, 0.3) is 0 Å². The van der Waals surface area contributed by atoms with Gasteiger partial charge in [-0.2, -0.15) is 13.1 Å². The summed E-state index contributed by atoms with van der Waals surface area (Å²) in [6.07, 6.45) is 0. The largest absolute Gasteiger partial charge is 0.382 e. The van der Waals surface area contributed by atoms with Crippen molar-refractivity contribution in [2.45, 2.75) is 6.92 Å². The summed E-state index contributed by atoms with van der Waals surface area (Å²) in [5, 5.41) is 0. The molecule has 0 amide bonds. The zero-order chi connectivity index (χ0) is 9.90. The number of benzene rings is 1. The molecule has 1 aromatic carbocycles. The molecule has 0 saturated carbocycles. The molecule has 0 bridgehead atoms. The molecule has 0 atom stereocenters. The van der Waals surface area contributed by atoms with Gasteiger partial charge in [0.2, 0.25) is 0 Å². The van der Waals surface area contributed by atoms with Crippen LogP contribution in [0.5, 0.6) is 5.75 Å². The van der Waals surface area contributed by atoms with Gasteiger partial charge < -0.3 is 4.18 Å². The highest BCUT2D eigenvalue weighted by Gasteiger charge is 2.09. The summed E-state index contributed by atoms with van der Waals surface area (Å²) < 4.78 is 28.8. The van der Waals surface area contributed by atoms with E-state index < -0.39 is 10.3 Å². The minimum atomic E-state index is -3.65. The lowest BCUT2D eigenvalue weighted by Gasteiger charge is -2.06. The van der Waals surface area contributed by atoms with Crippen LogP contribution >= 0.6 is 0 Å². The van der Waals surface area contributed by atoms with Gasteiger partial charge in [-0.1, -0.05) is 18.2 Å². The fourth-order valence-electron chi connectivity index (χ4n) is 0.810. The zero-order valence-corrected chi connectivity index (χ0v) is 8.26. The quantitative estimate of drug-likeness (QED) is 0.788. The van der Waals surface area contributed by atoms with E-state index in [0.29, 0.717) is 5.75 Å². The molecule has 0 aliphatic heterocycles. The van der Waals surface area contributed by atoms with Gasteiger partial charge in [-0.3, -0.25) is 0 Å². The standard InChI is InChI=1S/C8H11NO3S/c1-7-5-3-4-6-8(7)12-13(10,11)9-2/h3-6,9H,1-2H3. The molecule has 72 valence electrons. The third kappa shape index (κ3) is 2.71. The first-order valence-corrected chi connectivity index (χ1v) is 5.14. The maximum Gasteiger partial charge on any atom is 0.382 e. The Morgan fingerprint density at radius 2 is 1.92 bits per heavy atom. The smallest absolute Gasteiger partial charge is 0.371 e. The van der Waals surface area contributed by atoms with Crippen LogP contribution in [0, 0.1) is 6.92 Å². The second kappa shape index (κ2) is 3.76. The van der Waals surface area contributed by atoms with Gasteiger partial charge in [-0.15, -0.1) is 0 Å². The summed E-state index contributed by atoms with van der Waals surface area (Å²) in [5.74, 6) is 0.344. The van der Waals surface area contributed by atoms with E-state index in [-0.39, 0.29) is 0 Å². The molecule has 0 saturated heterocycles. The monoisotopic (exact) mass is 201 g/mol. The average molecular weight is 201 g/mol. The molecule has 0 aromatic heterocycles. The van der Waals surface area contributed by atoms with Crippen LogP contribution in [0.2, 0.25) is 0 Å². The maximum atomic E-state index is 11.0. The summed E-state index contributed by atoms with van der Waals surface area (Å²) in [6.45, 7) is 1.78. The minimum absolute atomic E-state index is 0.344. The van der Waals surface area contributed by atoms with E-state index in [9.17, 15) is 8.42 Å². The van der Waals surface area contributed by atoms with Crippen molar-refractivity contribution in [2.24, 2.45) is 0 Å². The van der Waals surface area contributed by atoms with Crippen molar-refractivity contribution in [1.82, 2.24) is 4.72 Å². The van der Waals surface area contributed by atoms with E-state index in [2.05, 4.69) is 4.72 Å². The van der Waals surface area contributed by atoms with E-state index in [4.69, 9.17) is 4.18 Å². The fourth-order valence-corrected chi connectivity index (χ4v) is 1.32. The van der Waals surface area contributed by atoms with E-state index in [1.807, 2.05) is 6.07 Å². The van der Waals surface area contributed by atoms with Crippen LogP contribution in [0.4, 0.5) is 0 Å². The molecular formula is C8H11NO3S. The lowest BCUT2D eigenvalue weighted by molar-refractivity contribution is 0.475. The van der Waals surface area contributed by atoms with Gasteiger partial charge in [0, 0.05) is 7.05 Å². The first-order chi connectivity index (χ1) is 6.05. The van der Waals surface area contributed by atoms with Crippen LogP contribution in [-0.2, 0) is 10.3 Å². The van der Waals surface area contributed by atoms with Crippen molar-refractivity contribution in [1.29, 1.82) is 0 Å². The second-order valence-corrected chi connectivity index (χ2v) is 3.99. The maximum absolute atomic E-state index is 11.0. The Balaban J connectivity index is 2.93. The zero-order valence-electron chi connectivity index (χ0n) is 7.44. The van der Waals surface area contributed by atoms with Crippen molar-refractivity contribution in [2.75, 3.05) is 7.05 Å². The highest BCUT2D eigenvalue weighted by molar-refractivity contribution is 7.85. The van der Waals surface area contributed by atoms with Gasteiger partial charge in [0.05, 0.1) is 0 Å². The third-order valence-corrected chi connectivity index (χ3v) is 2.44. The SMILES string of the molecule is CNS(=O)(=O)Oc1ccccc1C. The molecule has 0 radical (unpaired) electrons. The topological polar surface area (TPSA) is 55.4 Å². The van der Waals surface area contributed by atoms with E-state index in [1.54, 1.807) is 25.1 Å². The van der Waals surface area contributed by atoms with Gasteiger partial charge in [-0.05, 0) is 18.6 Å². The van der Waals surface area contributed by atoms with Crippen molar-refractivity contribution in [3.05, 3.63) is 29.8 Å². The number of rotatable bonds is 3. The molecule has 0 aliphatic carbocycles. The third-order valence-electron chi connectivity index (χ3n) is 1.54. The Morgan fingerprint density at radius 1 is 1.31 bits per heavy atom. The van der Waals surface area contributed by atoms with Crippen LogP contribution in [-0.4, -0.2) is 15.5 Å². The summed E-state index contributed by atoms with van der Waals surface area (Å²) >= 11 is 0. The van der Waals surface area contributed by atoms with Gasteiger partial charge in [-0.25, -0.2) is 0 Å². The normalized spacial score (nSPS) is 11.2. The van der Waals surface area contributed by atoms with Gasteiger partial charge in [0.1, 0.15) is 5.75 Å². The molecule has 0 spiro atoms. The van der Waals surface area contributed by atoms with Crippen molar-refractivity contribution in [3.63, 3.8) is 0 Å². The van der Waals surface area contributed by atoms with E-state index >= 15 is 0 Å². The first-order valence-electron chi connectivity index (χ1n) is 3.74. The lowest BCUT2D eigenvalue weighted by atomic mass is 10.2. The van der Waals surface area contributed by atoms with Crippen LogP contribution in [0.15, 0.2) is 24.3 Å². The Hall–Kier alpha value is -1.07. The summed E-state index contributed by atoms with van der Waals surface area (Å²) in [6, 6.07) is 6.91. The fraction of sp³-hybridized carbons (Fsp3) is 0.250. The number of para-hydroxylation sites is 1. The number of nitrogens with one attached hydrogen (secondary N) is 1. The predicted octanol–water partition coefficient (Wildman–Crippen LogP) is 0.838. The number of hydrogen-bond donors (Lipinski definition) is 1. The van der Waals surface area contributed by atoms with Crippen molar-refractivity contribution >= 4 is 10.3 Å². The summed E-state index contributed by atoms with van der Waals surface area (Å²) in [7, 11) is -2.35. The van der Waals surface area contributed by atoms with Crippen molar-refractivity contribution < 1.29 is 12.6 Å². The Morgan fingerprint density at radius 3 is 2.46 bits per heavy atom. The Kier molecular flexibility index (Phi) is 2.90.